The predicted molar refractivity (Wildman–Crippen MR) is 281 cm³/mol. The molecule has 4 heteroatoms. The number of fused-ring (bicyclic) bond motifs is 6. The largest absolute Gasteiger partial charge is 0.356 e. The van der Waals surface area contributed by atoms with Gasteiger partial charge in [0.15, 0.2) is 0 Å². The van der Waals surface area contributed by atoms with Crippen LogP contribution in [0, 0.1) is 0 Å². The lowest BCUT2D eigenvalue weighted by atomic mass is 9.88. The Labute approximate surface area is 384 Å². The van der Waals surface area contributed by atoms with Crippen LogP contribution in [-0.4, -0.2) is 9.13 Å². The Balaban J connectivity index is 0.837. The molecule has 4 nitrogen and oxygen atoms in total. The first kappa shape index (κ1) is 38.8. The fourth-order valence-electron chi connectivity index (χ4n) is 9.66. The van der Waals surface area contributed by atoms with Gasteiger partial charge in [-0.2, -0.15) is 0 Å². The number of aromatic nitrogens is 2. The fraction of sp³-hybridized carbons (Fsp3) is 0. The summed E-state index contributed by atoms with van der Waals surface area (Å²) in [5.74, 6) is 0. The van der Waals surface area contributed by atoms with Crippen LogP contribution in [0.4, 0.5) is 22.7 Å². The molecular formula is C62H44N4. The number of rotatable bonds is 10. The number of benzene rings is 10. The van der Waals surface area contributed by atoms with Crippen molar-refractivity contribution in [2.24, 2.45) is 0 Å². The molecule has 0 saturated carbocycles. The lowest BCUT2D eigenvalue weighted by molar-refractivity contribution is 1.18. The van der Waals surface area contributed by atoms with Gasteiger partial charge in [-0.3, -0.25) is 0 Å². The highest BCUT2D eigenvalue weighted by atomic mass is 15.0. The Morgan fingerprint density at radius 2 is 0.667 bits per heavy atom. The monoisotopic (exact) mass is 844 g/mol. The zero-order valence-corrected chi connectivity index (χ0v) is 36.1. The molecule has 0 aliphatic rings. The molecule has 2 N–H and O–H groups in total. The minimum Gasteiger partial charge on any atom is -0.356 e. The van der Waals surface area contributed by atoms with Crippen LogP contribution in [0.5, 0.6) is 0 Å². The smallest absolute Gasteiger partial charge is 0.0541 e. The van der Waals surface area contributed by atoms with Gasteiger partial charge in [0.25, 0.3) is 0 Å². The molecule has 0 saturated heterocycles. The Morgan fingerprint density at radius 1 is 0.288 bits per heavy atom. The summed E-state index contributed by atoms with van der Waals surface area (Å²) >= 11 is 0. The first-order chi connectivity index (χ1) is 32.7. The van der Waals surface area contributed by atoms with Crippen molar-refractivity contribution in [2.75, 3.05) is 10.6 Å². The van der Waals surface area contributed by atoms with Crippen molar-refractivity contribution in [2.45, 2.75) is 0 Å². The summed E-state index contributed by atoms with van der Waals surface area (Å²) < 4.78 is 4.70. The van der Waals surface area contributed by atoms with Crippen molar-refractivity contribution in [3.8, 4) is 33.6 Å². The van der Waals surface area contributed by atoms with Crippen molar-refractivity contribution in [1.29, 1.82) is 0 Å². The molecule has 2 aromatic heterocycles. The summed E-state index contributed by atoms with van der Waals surface area (Å²) in [7, 11) is 0. The molecule has 12 aromatic rings. The van der Waals surface area contributed by atoms with Crippen molar-refractivity contribution < 1.29 is 0 Å². The van der Waals surface area contributed by atoms with Gasteiger partial charge in [-0.1, -0.05) is 164 Å². The average molecular weight is 845 g/mol. The molecular weight excluding hydrogens is 801 g/mol. The second-order valence-electron chi connectivity index (χ2n) is 16.7. The number of para-hydroxylation sites is 4. The normalized spacial score (nSPS) is 11.6. The van der Waals surface area contributed by atoms with E-state index in [0.29, 0.717) is 0 Å². The van der Waals surface area contributed by atoms with E-state index in [-0.39, 0.29) is 0 Å². The third-order valence-electron chi connectivity index (χ3n) is 12.7. The lowest BCUT2D eigenvalue weighted by Gasteiger charge is -2.20. The van der Waals surface area contributed by atoms with Gasteiger partial charge in [-0.15, -0.1) is 0 Å². The fourth-order valence-corrected chi connectivity index (χ4v) is 9.66. The molecule has 0 unspecified atom stereocenters. The Hall–Kier alpha value is -8.86. The summed E-state index contributed by atoms with van der Waals surface area (Å²) in [5.41, 5.74) is 18.1. The van der Waals surface area contributed by atoms with Gasteiger partial charge in [0, 0.05) is 61.2 Å². The molecule has 0 atom stereocenters. The summed E-state index contributed by atoms with van der Waals surface area (Å²) in [4.78, 5) is 0. The van der Waals surface area contributed by atoms with Crippen LogP contribution in [0.25, 0.3) is 89.4 Å². The Morgan fingerprint density at radius 3 is 1.12 bits per heavy atom. The first-order valence-electron chi connectivity index (χ1n) is 22.5. The highest BCUT2D eigenvalue weighted by Crippen LogP contribution is 2.43. The van der Waals surface area contributed by atoms with Crippen LogP contribution in [0.2, 0.25) is 0 Å². The maximum absolute atomic E-state index is 3.84. The SMILES string of the molecule is C(=Cc1ccc(Nc2ccc(-n3c4ccccc4c4ccccc43)cc2)c(-c2ccccc2)c1-c1ccccc1)c1ccc(Nc2ccc(-n3c4ccccc4c4ccccc43)cc2)cc1. The second-order valence-corrected chi connectivity index (χ2v) is 16.7. The van der Waals surface area contributed by atoms with Gasteiger partial charge in [-0.05, 0) is 119 Å². The molecule has 0 aliphatic carbocycles. The van der Waals surface area contributed by atoms with Crippen molar-refractivity contribution >= 4 is 78.5 Å². The molecule has 12 rings (SSSR count). The summed E-state index contributed by atoms with van der Waals surface area (Å²) in [6.45, 7) is 0. The number of hydrogen-bond donors (Lipinski definition) is 2. The van der Waals surface area contributed by atoms with Gasteiger partial charge in [0.2, 0.25) is 0 Å². The van der Waals surface area contributed by atoms with E-state index in [4.69, 9.17) is 0 Å². The van der Waals surface area contributed by atoms with Crippen LogP contribution in [-0.2, 0) is 0 Å². The highest BCUT2D eigenvalue weighted by Gasteiger charge is 2.18. The molecule has 0 radical (unpaired) electrons. The van der Waals surface area contributed by atoms with Crippen LogP contribution < -0.4 is 10.6 Å². The highest BCUT2D eigenvalue weighted by molar-refractivity contribution is 6.10. The van der Waals surface area contributed by atoms with Crippen molar-refractivity contribution in [3.63, 3.8) is 0 Å². The minimum atomic E-state index is 1.02. The standard InChI is InChI=1S/C62H44N4/c1-3-15-44(16-4-1)61-46(30-27-43-28-32-47(33-29-43)63-48-34-38-50(39-35-48)65-57-23-11-7-19-52(57)53-20-8-12-24-58(53)65)31-42-56(62(61)45-17-5-2-6-18-45)64-49-36-40-51(41-37-49)66-59-25-13-9-21-54(59)55-22-10-14-26-60(55)66/h1-42,63-64H. The van der Waals surface area contributed by atoms with E-state index in [9.17, 15) is 0 Å². The molecule has 312 valence electrons. The van der Waals surface area contributed by atoms with Crippen LogP contribution in [0.15, 0.2) is 243 Å². The minimum absolute atomic E-state index is 1.02. The molecule has 10 aromatic carbocycles. The predicted octanol–water partition coefficient (Wildman–Crippen LogP) is 16.9. The quantitative estimate of drug-likeness (QED) is 0.135. The summed E-state index contributed by atoms with van der Waals surface area (Å²) in [5, 5.41) is 12.5. The molecule has 66 heavy (non-hydrogen) atoms. The van der Waals surface area contributed by atoms with E-state index in [1.807, 2.05) is 0 Å². The van der Waals surface area contributed by atoms with E-state index in [2.05, 4.69) is 275 Å². The van der Waals surface area contributed by atoms with Crippen LogP contribution >= 0.6 is 0 Å². The van der Waals surface area contributed by atoms with Crippen molar-refractivity contribution in [3.05, 3.63) is 254 Å². The summed E-state index contributed by atoms with van der Waals surface area (Å²) in [6, 6.07) is 86.6. The molecule has 0 aliphatic heterocycles. The van der Waals surface area contributed by atoms with Gasteiger partial charge in [0.1, 0.15) is 0 Å². The van der Waals surface area contributed by atoms with E-state index >= 15 is 0 Å². The number of nitrogens with zero attached hydrogens (tertiary/aromatic N) is 2. The lowest BCUT2D eigenvalue weighted by Crippen LogP contribution is -1.99. The summed E-state index contributed by atoms with van der Waals surface area (Å²) in [6.07, 6.45) is 4.45. The van der Waals surface area contributed by atoms with Crippen LogP contribution in [0.3, 0.4) is 0 Å². The molecule has 0 spiro atoms. The van der Waals surface area contributed by atoms with Gasteiger partial charge < -0.3 is 19.8 Å². The van der Waals surface area contributed by atoms with E-state index in [1.165, 1.54) is 49.2 Å². The molecule has 0 bridgehead atoms. The Bertz CT molecular complexity index is 3600. The van der Waals surface area contributed by atoms with E-state index in [1.54, 1.807) is 0 Å². The van der Waals surface area contributed by atoms with Crippen molar-refractivity contribution in [1.82, 2.24) is 9.13 Å². The number of hydrogen-bond acceptors (Lipinski definition) is 2. The third kappa shape index (κ3) is 7.08. The van der Waals surface area contributed by atoms with E-state index in [0.717, 1.165) is 61.9 Å². The molecule has 0 fully saturated rings. The average Bonchev–Trinajstić information content (AvgIpc) is 3.90. The van der Waals surface area contributed by atoms with Crippen LogP contribution in [0.1, 0.15) is 11.1 Å². The number of nitrogens with one attached hydrogen (secondary N) is 2. The Kier molecular flexibility index (Phi) is 9.81. The third-order valence-corrected chi connectivity index (χ3v) is 12.7. The second kappa shape index (κ2) is 16.7. The molecule has 0 amide bonds. The maximum Gasteiger partial charge on any atom is 0.0541 e. The van der Waals surface area contributed by atoms with E-state index < -0.39 is 0 Å². The van der Waals surface area contributed by atoms with Gasteiger partial charge in [0.05, 0.1) is 22.1 Å². The maximum atomic E-state index is 3.84. The zero-order chi connectivity index (χ0) is 43.8. The molecule has 2 heterocycles. The first-order valence-corrected chi connectivity index (χ1v) is 22.5. The topological polar surface area (TPSA) is 33.9 Å². The number of anilines is 4. The van der Waals surface area contributed by atoms with Gasteiger partial charge in [-0.25, -0.2) is 0 Å². The zero-order valence-electron chi connectivity index (χ0n) is 36.1. The van der Waals surface area contributed by atoms with Gasteiger partial charge >= 0.3 is 0 Å².